The quantitative estimate of drug-likeness (QED) is 0.921. The third-order valence-electron chi connectivity index (χ3n) is 4.02. The van der Waals surface area contributed by atoms with Gasteiger partial charge < -0.3 is 5.11 Å². The Labute approximate surface area is 128 Å². The van der Waals surface area contributed by atoms with E-state index in [0.717, 1.165) is 15.6 Å². The normalized spacial score (nSPS) is 23.8. The minimum absolute atomic E-state index is 0.0240. The molecule has 1 atom stereocenters. The van der Waals surface area contributed by atoms with Crippen LogP contribution in [0.25, 0.3) is 0 Å². The molecule has 0 aliphatic carbocycles. The van der Waals surface area contributed by atoms with Gasteiger partial charge in [0, 0.05) is 16.9 Å². The van der Waals surface area contributed by atoms with Crippen molar-refractivity contribution in [2.75, 3.05) is 5.75 Å². The minimum Gasteiger partial charge on any atom is -0.385 e. The van der Waals surface area contributed by atoms with Gasteiger partial charge in [0.25, 0.3) is 0 Å². The van der Waals surface area contributed by atoms with Crippen molar-refractivity contribution in [2.45, 2.75) is 37.2 Å². The van der Waals surface area contributed by atoms with Crippen molar-refractivity contribution in [2.24, 2.45) is 0 Å². The molecule has 112 valence electrons. The molecule has 0 fully saturated rings. The summed E-state index contributed by atoms with van der Waals surface area (Å²) in [5.41, 5.74) is 0.315. The van der Waals surface area contributed by atoms with Gasteiger partial charge in [-0.1, -0.05) is 18.2 Å². The van der Waals surface area contributed by atoms with Crippen molar-refractivity contribution in [3.63, 3.8) is 0 Å². The van der Waals surface area contributed by atoms with E-state index in [1.807, 2.05) is 13.8 Å². The zero-order chi connectivity index (χ0) is 15.3. The third kappa shape index (κ3) is 2.52. The SMILES string of the molecule is Cc1nc(CC2(O)CCS(=O)(=O)c3ccccc32)sc1C. The molecule has 0 bridgehead atoms. The highest BCUT2D eigenvalue weighted by Crippen LogP contribution is 2.39. The average Bonchev–Trinajstić information content (AvgIpc) is 2.74. The van der Waals surface area contributed by atoms with Crippen LogP contribution >= 0.6 is 11.3 Å². The van der Waals surface area contributed by atoms with E-state index < -0.39 is 15.4 Å². The molecule has 6 heteroatoms. The second kappa shape index (κ2) is 4.90. The van der Waals surface area contributed by atoms with Crippen LogP contribution in [-0.4, -0.2) is 24.3 Å². The van der Waals surface area contributed by atoms with Gasteiger partial charge in [0.15, 0.2) is 9.84 Å². The molecule has 1 aromatic carbocycles. The lowest BCUT2D eigenvalue weighted by atomic mass is 9.87. The highest BCUT2D eigenvalue weighted by Gasteiger charge is 2.41. The maximum atomic E-state index is 12.1. The lowest BCUT2D eigenvalue weighted by Gasteiger charge is -2.33. The van der Waals surface area contributed by atoms with Crippen molar-refractivity contribution in [1.29, 1.82) is 0 Å². The highest BCUT2D eigenvalue weighted by atomic mass is 32.2. The Bertz CT molecular complexity index is 776. The lowest BCUT2D eigenvalue weighted by Crippen LogP contribution is -2.37. The van der Waals surface area contributed by atoms with Gasteiger partial charge in [-0.05, 0) is 26.3 Å². The minimum atomic E-state index is -3.29. The number of aryl methyl sites for hydroxylation is 2. The molecular formula is C15H17NO3S2. The Morgan fingerprint density at radius 2 is 2.05 bits per heavy atom. The van der Waals surface area contributed by atoms with E-state index in [1.54, 1.807) is 35.6 Å². The molecule has 2 aromatic rings. The molecule has 1 aliphatic heterocycles. The van der Waals surface area contributed by atoms with Crippen LogP contribution in [0, 0.1) is 13.8 Å². The molecule has 0 amide bonds. The molecule has 0 spiro atoms. The monoisotopic (exact) mass is 323 g/mol. The summed E-state index contributed by atoms with van der Waals surface area (Å²) in [5.74, 6) is -0.0240. The van der Waals surface area contributed by atoms with Crippen LogP contribution in [-0.2, 0) is 21.9 Å². The van der Waals surface area contributed by atoms with E-state index in [1.165, 1.54) is 0 Å². The number of sulfone groups is 1. The van der Waals surface area contributed by atoms with E-state index >= 15 is 0 Å². The maximum absolute atomic E-state index is 12.1. The Morgan fingerprint density at radius 1 is 1.33 bits per heavy atom. The number of aromatic nitrogens is 1. The van der Waals surface area contributed by atoms with Crippen molar-refractivity contribution in [3.05, 3.63) is 45.4 Å². The molecule has 3 rings (SSSR count). The van der Waals surface area contributed by atoms with Crippen LogP contribution < -0.4 is 0 Å². The second-order valence-electron chi connectivity index (χ2n) is 5.52. The molecule has 1 unspecified atom stereocenters. The van der Waals surface area contributed by atoms with Crippen LogP contribution in [0.5, 0.6) is 0 Å². The van der Waals surface area contributed by atoms with Crippen molar-refractivity contribution >= 4 is 21.2 Å². The number of aliphatic hydroxyl groups is 1. The van der Waals surface area contributed by atoms with Crippen molar-refractivity contribution in [3.8, 4) is 0 Å². The summed E-state index contributed by atoms with van der Waals surface area (Å²) >= 11 is 1.56. The van der Waals surface area contributed by atoms with Gasteiger partial charge in [-0.25, -0.2) is 13.4 Å². The second-order valence-corrected chi connectivity index (χ2v) is 8.89. The summed E-state index contributed by atoms with van der Waals surface area (Å²) in [7, 11) is -3.29. The maximum Gasteiger partial charge on any atom is 0.178 e. The van der Waals surface area contributed by atoms with Gasteiger partial charge in [0.05, 0.1) is 27.0 Å². The van der Waals surface area contributed by atoms with Gasteiger partial charge in [-0.2, -0.15) is 0 Å². The van der Waals surface area contributed by atoms with Gasteiger partial charge in [0.1, 0.15) is 0 Å². The van der Waals surface area contributed by atoms with E-state index in [4.69, 9.17) is 0 Å². The number of hydrogen-bond donors (Lipinski definition) is 1. The smallest absolute Gasteiger partial charge is 0.178 e. The lowest BCUT2D eigenvalue weighted by molar-refractivity contribution is 0.0282. The zero-order valence-electron chi connectivity index (χ0n) is 12.0. The predicted octanol–water partition coefficient (Wildman–Crippen LogP) is 2.37. The molecule has 0 saturated heterocycles. The highest BCUT2D eigenvalue weighted by molar-refractivity contribution is 7.91. The first-order valence-electron chi connectivity index (χ1n) is 6.79. The van der Waals surface area contributed by atoms with E-state index in [-0.39, 0.29) is 17.1 Å². The number of nitrogens with zero attached hydrogens (tertiary/aromatic N) is 1. The van der Waals surface area contributed by atoms with Gasteiger partial charge in [-0.3, -0.25) is 0 Å². The summed E-state index contributed by atoms with van der Waals surface area (Å²) in [5, 5.41) is 11.9. The number of fused-ring (bicyclic) bond motifs is 1. The number of thiazole rings is 1. The van der Waals surface area contributed by atoms with Crippen molar-refractivity contribution in [1.82, 2.24) is 4.98 Å². The van der Waals surface area contributed by atoms with Crippen LogP contribution in [0.2, 0.25) is 0 Å². The van der Waals surface area contributed by atoms with Gasteiger partial charge >= 0.3 is 0 Å². The molecule has 1 N–H and O–H groups in total. The molecule has 2 heterocycles. The van der Waals surface area contributed by atoms with Crippen LogP contribution in [0.1, 0.15) is 27.6 Å². The Hall–Kier alpha value is -1.24. The topological polar surface area (TPSA) is 67.3 Å². The first-order chi connectivity index (χ1) is 9.82. The summed E-state index contributed by atoms with van der Waals surface area (Å²) < 4.78 is 24.3. The van der Waals surface area contributed by atoms with Crippen LogP contribution in [0.3, 0.4) is 0 Å². The Morgan fingerprint density at radius 3 is 2.71 bits per heavy atom. The third-order valence-corrected chi connectivity index (χ3v) is 6.86. The molecule has 1 aliphatic rings. The first-order valence-corrected chi connectivity index (χ1v) is 9.26. The van der Waals surface area contributed by atoms with Crippen molar-refractivity contribution < 1.29 is 13.5 Å². The molecule has 0 radical (unpaired) electrons. The largest absolute Gasteiger partial charge is 0.385 e. The van der Waals surface area contributed by atoms with E-state index in [2.05, 4.69) is 4.98 Å². The fraction of sp³-hybridized carbons (Fsp3) is 0.400. The average molecular weight is 323 g/mol. The molecule has 21 heavy (non-hydrogen) atoms. The number of benzene rings is 1. The zero-order valence-corrected chi connectivity index (χ0v) is 13.6. The Balaban J connectivity index is 2.06. The Kier molecular flexibility index (Phi) is 3.43. The summed E-state index contributed by atoms with van der Waals surface area (Å²) in [4.78, 5) is 5.85. The first kappa shape index (κ1) is 14.7. The van der Waals surface area contributed by atoms with Gasteiger partial charge in [-0.15, -0.1) is 11.3 Å². The molecular weight excluding hydrogens is 306 g/mol. The molecule has 4 nitrogen and oxygen atoms in total. The molecule has 0 saturated carbocycles. The summed E-state index contributed by atoms with van der Waals surface area (Å²) in [6.07, 6.45) is 0.572. The summed E-state index contributed by atoms with van der Waals surface area (Å²) in [6, 6.07) is 6.75. The van der Waals surface area contributed by atoms with Crippen LogP contribution in [0.4, 0.5) is 0 Å². The number of hydrogen-bond acceptors (Lipinski definition) is 5. The molecule has 1 aromatic heterocycles. The van der Waals surface area contributed by atoms with Crippen LogP contribution in [0.15, 0.2) is 29.2 Å². The van der Waals surface area contributed by atoms with Gasteiger partial charge in [0.2, 0.25) is 0 Å². The fourth-order valence-corrected chi connectivity index (χ4v) is 5.46. The van der Waals surface area contributed by atoms with E-state index in [9.17, 15) is 13.5 Å². The predicted molar refractivity (Wildman–Crippen MR) is 82.3 cm³/mol. The van der Waals surface area contributed by atoms with E-state index in [0.29, 0.717) is 12.0 Å². The fourth-order valence-electron chi connectivity index (χ4n) is 2.72. The standard InChI is InChI=1S/C15H17NO3S2/c1-10-11(2)20-14(16-10)9-15(17)7-8-21(18,19)13-6-4-3-5-12(13)15/h3-6,17H,7-9H2,1-2H3. The summed E-state index contributed by atoms with van der Waals surface area (Å²) in [6.45, 7) is 3.94. The number of rotatable bonds is 2.